The average Bonchev–Trinajstić information content (AvgIpc) is 2.60. The second kappa shape index (κ2) is 6.38. The topological polar surface area (TPSA) is 51.0 Å². The summed E-state index contributed by atoms with van der Waals surface area (Å²) in [5.41, 5.74) is 1.88. The number of ether oxygens (including phenoxy) is 1. The molecule has 2 unspecified atom stereocenters. The van der Waals surface area contributed by atoms with Crippen molar-refractivity contribution in [3.63, 3.8) is 0 Å². The third kappa shape index (κ3) is 2.93. The van der Waals surface area contributed by atoms with Crippen LogP contribution in [-0.2, 0) is 16.0 Å². The van der Waals surface area contributed by atoms with Crippen LogP contribution in [0.5, 0.6) is 0 Å². The maximum atomic E-state index is 13.8. The molecule has 0 amide bonds. The zero-order chi connectivity index (χ0) is 15.5. The van der Waals surface area contributed by atoms with Gasteiger partial charge in [-0.2, -0.15) is 5.10 Å². The summed E-state index contributed by atoms with van der Waals surface area (Å²) >= 11 is 0. The molecule has 0 N–H and O–H groups in total. The Labute approximate surface area is 129 Å². The number of hydrogen-bond acceptors (Lipinski definition) is 4. The molecule has 3 rings (SSSR count). The van der Waals surface area contributed by atoms with Crippen LogP contribution in [-0.4, -0.2) is 24.0 Å². The van der Waals surface area contributed by atoms with E-state index in [0.717, 1.165) is 25.0 Å². The fourth-order valence-corrected chi connectivity index (χ4v) is 3.08. The van der Waals surface area contributed by atoms with E-state index < -0.39 is 0 Å². The van der Waals surface area contributed by atoms with Crippen molar-refractivity contribution < 1.29 is 13.9 Å². The minimum Gasteiger partial charge on any atom is -0.461 e. The third-order valence-corrected chi connectivity index (χ3v) is 4.40. The van der Waals surface area contributed by atoms with E-state index >= 15 is 0 Å². The van der Waals surface area contributed by atoms with E-state index in [-0.39, 0.29) is 17.7 Å². The zero-order valence-electron chi connectivity index (χ0n) is 12.6. The lowest BCUT2D eigenvalue weighted by Gasteiger charge is -2.35. The fourth-order valence-electron chi connectivity index (χ4n) is 3.08. The number of benzene rings is 1. The summed E-state index contributed by atoms with van der Waals surface area (Å²) in [7, 11) is 0. The Morgan fingerprint density at radius 3 is 2.82 bits per heavy atom. The van der Waals surface area contributed by atoms with Crippen LogP contribution in [0.3, 0.4) is 0 Å². The molecule has 1 aromatic rings. The summed E-state index contributed by atoms with van der Waals surface area (Å²) in [5.74, 6) is -0.0839. The standard InChI is InChI=1S/C17H19FN2O2/c1-2-22-17(21)16-14-8-7-11(14)9-13(19-20-16)10-12-5-3-4-6-15(12)18/h3-6,11,14H,2,7-10H2,1H3. The molecule has 1 aliphatic carbocycles. The van der Waals surface area contributed by atoms with Crippen molar-refractivity contribution in [1.82, 2.24) is 0 Å². The van der Waals surface area contributed by atoms with Gasteiger partial charge in [0.1, 0.15) is 5.82 Å². The highest BCUT2D eigenvalue weighted by Gasteiger charge is 2.40. The Morgan fingerprint density at radius 1 is 1.32 bits per heavy atom. The molecule has 1 aliphatic heterocycles. The van der Waals surface area contributed by atoms with E-state index in [0.29, 0.717) is 30.2 Å². The number of hydrogen-bond donors (Lipinski definition) is 0. The van der Waals surface area contributed by atoms with Crippen LogP contribution < -0.4 is 0 Å². The lowest BCUT2D eigenvalue weighted by molar-refractivity contribution is -0.135. The second-order valence-electron chi connectivity index (χ2n) is 5.79. The van der Waals surface area contributed by atoms with E-state index in [1.54, 1.807) is 19.1 Å². The molecule has 1 fully saturated rings. The Morgan fingerprint density at radius 2 is 2.14 bits per heavy atom. The van der Waals surface area contributed by atoms with E-state index in [9.17, 15) is 9.18 Å². The van der Waals surface area contributed by atoms with E-state index in [2.05, 4.69) is 10.2 Å². The fraction of sp³-hybridized carbons (Fsp3) is 0.471. The molecule has 1 heterocycles. The molecule has 0 saturated heterocycles. The van der Waals surface area contributed by atoms with Gasteiger partial charge in [0.15, 0.2) is 5.71 Å². The van der Waals surface area contributed by atoms with Crippen LogP contribution in [0.2, 0.25) is 0 Å². The summed E-state index contributed by atoms with van der Waals surface area (Å²) < 4.78 is 18.8. The van der Waals surface area contributed by atoms with Gasteiger partial charge >= 0.3 is 5.97 Å². The zero-order valence-corrected chi connectivity index (χ0v) is 12.6. The largest absolute Gasteiger partial charge is 0.461 e. The van der Waals surface area contributed by atoms with Crippen molar-refractivity contribution in [2.75, 3.05) is 6.61 Å². The van der Waals surface area contributed by atoms with E-state index in [1.807, 2.05) is 6.07 Å². The van der Waals surface area contributed by atoms with Gasteiger partial charge in [-0.15, -0.1) is 5.10 Å². The molecule has 22 heavy (non-hydrogen) atoms. The molecule has 0 radical (unpaired) electrons. The van der Waals surface area contributed by atoms with Crippen molar-refractivity contribution in [2.24, 2.45) is 22.0 Å². The normalized spacial score (nSPS) is 23.5. The molecule has 116 valence electrons. The predicted octanol–water partition coefficient (Wildman–Crippen LogP) is 3.16. The van der Waals surface area contributed by atoms with Crippen LogP contribution in [0.25, 0.3) is 0 Å². The number of rotatable bonds is 4. The van der Waals surface area contributed by atoms with Gasteiger partial charge in [0.2, 0.25) is 0 Å². The molecule has 2 aliphatic rings. The van der Waals surface area contributed by atoms with Crippen LogP contribution >= 0.6 is 0 Å². The van der Waals surface area contributed by atoms with Crippen LogP contribution in [0.4, 0.5) is 4.39 Å². The Balaban J connectivity index is 1.81. The quantitative estimate of drug-likeness (QED) is 0.802. The number of nitrogens with zero attached hydrogens (tertiary/aromatic N) is 2. The monoisotopic (exact) mass is 302 g/mol. The highest BCUT2D eigenvalue weighted by Crippen LogP contribution is 2.40. The Kier molecular flexibility index (Phi) is 4.32. The predicted molar refractivity (Wildman–Crippen MR) is 82.4 cm³/mol. The van der Waals surface area contributed by atoms with Gasteiger partial charge < -0.3 is 4.74 Å². The lowest BCUT2D eigenvalue weighted by atomic mass is 9.68. The first kappa shape index (κ1) is 14.9. The number of carbonyl (C=O) groups excluding carboxylic acids is 1. The first-order valence-electron chi connectivity index (χ1n) is 7.72. The number of esters is 1. The maximum absolute atomic E-state index is 13.8. The van der Waals surface area contributed by atoms with Crippen molar-refractivity contribution in [3.8, 4) is 0 Å². The van der Waals surface area contributed by atoms with Crippen molar-refractivity contribution >= 4 is 17.4 Å². The van der Waals surface area contributed by atoms with Crippen LogP contribution in [0, 0.1) is 17.7 Å². The molecule has 0 spiro atoms. The number of halogens is 1. The summed E-state index contributed by atoms with van der Waals surface area (Å²) in [6.07, 6.45) is 3.21. The molecule has 1 aromatic carbocycles. The molecule has 0 aromatic heterocycles. The van der Waals surface area contributed by atoms with Gasteiger partial charge in [0.25, 0.3) is 0 Å². The van der Waals surface area contributed by atoms with Crippen molar-refractivity contribution in [3.05, 3.63) is 35.6 Å². The molecule has 2 atom stereocenters. The SMILES string of the molecule is CCOC(=O)C1=NN=C(Cc2ccccc2F)CC2CCC12. The molecule has 0 bridgehead atoms. The first-order chi connectivity index (χ1) is 10.7. The van der Waals surface area contributed by atoms with Gasteiger partial charge in [-0.25, -0.2) is 9.18 Å². The van der Waals surface area contributed by atoms with Gasteiger partial charge in [-0.1, -0.05) is 18.2 Å². The summed E-state index contributed by atoms with van der Waals surface area (Å²) in [5, 5.41) is 8.36. The number of fused-ring (bicyclic) bond motifs is 1. The van der Waals surface area contributed by atoms with Gasteiger partial charge in [-0.05, 0) is 43.7 Å². The number of carbonyl (C=O) groups is 1. The lowest BCUT2D eigenvalue weighted by Crippen LogP contribution is -2.38. The average molecular weight is 302 g/mol. The van der Waals surface area contributed by atoms with Crippen LogP contribution in [0.15, 0.2) is 34.5 Å². The minimum absolute atomic E-state index is 0.140. The summed E-state index contributed by atoms with van der Waals surface area (Å²) in [6, 6.07) is 6.70. The smallest absolute Gasteiger partial charge is 0.354 e. The van der Waals surface area contributed by atoms with E-state index in [4.69, 9.17) is 4.74 Å². The summed E-state index contributed by atoms with van der Waals surface area (Å²) in [4.78, 5) is 12.0. The van der Waals surface area contributed by atoms with Crippen LogP contribution in [0.1, 0.15) is 31.7 Å². The first-order valence-corrected chi connectivity index (χ1v) is 7.72. The molecule has 4 nitrogen and oxygen atoms in total. The molecule has 1 saturated carbocycles. The highest BCUT2D eigenvalue weighted by atomic mass is 19.1. The highest BCUT2D eigenvalue weighted by molar-refractivity contribution is 6.37. The second-order valence-corrected chi connectivity index (χ2v) is 5.79. The summed E-state index contributed by atoms with van der Waals surface area (Å²) in [6.45, 7) is 2.11. The van der Waals surface area contributed by atoms with E-state index in [1.165, 1.54) is 6.07 Å². The van der Waals surface area contributed by atoms with Gasteiger partial charge in [0, 0.05) is 18.1 Å². The molecular weight excluding hydrogens is 283 g/mol. The minimum atomic E-state index is -0.368. The Bertz CT molecular complexity index is 639. The Hall–Kier alpha value is -2.04. The van der Waals surface area contributed by atoms with Crippen molar-refractivity contribution in [1.29, 1.82) is 0 Å². The molecular formula is C17H19FN2O2. The van der Waals surface area contributed by atoms with Crippen molar-refractivity contribution in [2.45, 2.75) is 32.6 Å². The van der Waals surface area contributed by atoms with Gasteiger partial charge in [-0.3, -0.25) is 0 Å². The molecule has 5 heteroatoms. The maximum Gasteiger partial charge on any atom is 0.354 e. The third-order valence-electron chi connectivity index (χ3n) is 4.40. The van der Waals surface area contributed by atoms with Gasteiger partial charge in [0.05, 0.1) is 6.61 Å².